The fourth-order valence-corrected chi connectivity index (χ4v) is 2.47. The summed E-state index contributed by atoms with van der Waals surface area (Å²) in [6.07, 6.45) is -3.78. The first-order valence-corrected chi connectivity index (χ1v) is 7.26. The Balaban J connectivity index is 2.86. The standard InChI is InChI=1S/C14H19BrF3NO/c1-3-12(19)8-10-7-11(15)6-9(2)13(10)20-5-4-14(16,17)18/h6-7,12H,3-5,8,19H2,1-2H3. The van der Waals surface area contributed by atoms with Crippen molar-refractivity contribution in [3.63, 3.8) is 0 Å². The van der Waals surface area contributed by atoms with Gasteiger partial charge < -0.3 is 10.5 Å². The van der Waals surface area contributed by atoms with Gasteiger partial charge in [0, 0.05) is 10.5 Å². The fraction of sp³-hybridized carbons (Fsp3) is 0.571. The Morgan fingerprint density at radius 3 is 2.55 bits per heavy atom. The molecule has 1 aromatic carbocycles. The predicted molar refractivity (Wildman–Crippen MR) is 77.0 cm³/mol. The minimum atomic E-state index is -4.21. The first-order chi connectivity index (χ1) is 9.23. The molecule has 0 aliphatic carbocycles. The van der Waals surface area contributed by atoms with E-state index in [4.69, 9.17) is 10.5 Å². The predicted octanol–water partition coefficient (Wildman–Crippen LogP) is 4.37. The Kier molecular flexibility index (Phi) is 6.33. The Hall–Kier alpha value is -0.750. The summed E-state index contributed by atoms with van der Waals surface area (Å²) in [6, 6.07) is 3.64. The van der Waals surface area contributed by atoms with Crippen molar-refractivity contribution in [2.75, 3.05) is 6.61 Å². The lowest BCUT2D eigenvalue weighted by Crippen LogP contribution is -2.22. The number of aryl methyl sites for hydroxylation is 1. The number of alkyl halides is 3. The van der Waals surface area contributed by atoms with Gasteiger partial charge in [-0.05, 0) is 43.0 Å². The number of halogens is 4. The van der Waals surface area contributed by atoms with Crippen LogP contribution in [0.25, 0.3) is 0 Å². The number of hydrogen-bond acceptors (Lipinski definition) is 2. The van der Waals surface area contributed by atoms with Crippen molar-refractivity contribution in [3.8, 4) is 5.75 Å². The molecule has 0 radical (unpaired) electrons. The van der Waals surface area contributed by atoms with Crippen LogP contribution < -0.4 is 10.5 Å². The minimum Gasteiger partial charge on any atom is -0.493 e. The van der Waals surface area contributed by atoms with Crippen molar-refractivity contribution in [3.05, 3.63) is 27.7 Å². The van der Waals surface area contributed by atoms with Crippen LogP contribution >= 0.6 is 15.9 Å². The van der Waals surface area contributed by atoms with Crippen LogP contribution in [-0.4, -0.2) is 18.8 Å². The van der Waals surface area contributed by atoms with Crippen molar-refractivity contribution in [2.24, 2.45) is 5.73 Å². The third-order valence-corrected chi connectivity index (χ3v) is 3.41. The molecule has 0 saturated carbocycles. The molecule has 0 aliphatic rings. The molecule has 1 atom stereocenters. The lowest BCUT2D eigenvalue weighted by atomic mass is 10.0. The van der Waals surface area contributed by atoms with Gasteiger partial charge >= 0.3 is 6.18 Å². The lowest BCUT2D eigenvalue weighted by Gasteiger charge is -2.17. The molecule has 0 spiro atoms. The Morgan fingerprint density at radius 1 is 1.35 bits per heavy atom. The van der Waals surface area contributed by atoms with Crippen LogP contribution in [-0.2, 0) is 6.42 Å². The SMILES string of the molecule is CCC(N)Cc1cc(Br)cc(C)c1OCCC(F)(F)F. The maximum absolute atomic E-state index is 12.2. The monoisotopic (exact) mass is 353 g/mol. The van der Waals surface area contributed by atoms with E-state index in [0.717, 1.165) is 22.0 Å². The second-order valence-corrected chi connectivity index (χ2v) is 5.71. The van der Waals surface area contributed by atoms with Gasteiger partial charge in [-0.1, -0.05) is 22.9 Å². The molecule has 1 unspecified atom stereocenters. The molecule has 114 valence electrons. The van der Waals surface area contributed by atoms with Crippen molar-refractivity contribution in [1.29, 1.82) is 0 Å². The second kappa shape index (κ2) is 7.31. The second-order valence-electron chi connectivity index (χ2n) is 4.80. The van der Waals surface area contributed by atoms with E-state index in [2.05, 4.69) is 15.9 Å². The number of hydrogen-bond donors (Lipinski definition) is 1. The highest BCUT2D eigenvalue weighted by molar-refractivity contribution is 9.10. The van der Waals surface area contributed by atoms with E-state index < -0.39 is 12.6 Å². The van der Waals surface area contributed by atoms with Gasteiger partial charge in [0.05, 0.1) is 13.0 Å². The summed E-state index contributed by atoms with van der Waals surface area (Å²) in [5.74, 6) is 0.515. The van der Waals surface area contributed by atoms with Gasteiger partial charge in [0.15, 0.2) is 0 Å². The van der Waals surface area contributed by atoms with Gasteiger partial charge in [-0.2, -0.15) is 13.2 Å². The maximum Gasteiger partial charge on any atom is 0.392 e. The zero-order valence-electron chi connectivity index (χ0n) is 11.6. The van der Waals surface area contributed by atoms with Gasteiger partial charge in [-0.15, -0.1) is 0 Å². The average molecular weight is 354 g/mol. The topological polar surface area (TPSA) is 35.2 Å². The normalized spacial score (nSPS) is 13.3. The number of rotatable bonds is 6. The van der Waals surface area contributed by atoms with Gasteiger partial charge in [0.25, 0.3) is 0 Å². The molecule has 2 nitrogen and oxygen atoms in total. The zero-order chi connectivity index (χ0) is 15.3. The molecule has 0 fully saturated rings. The zero-order valence-corrected chi connectivity index (χ0v) is 13.1. The molecular weight excluding hydrogens is 335 g/mol. The molecule has 0 amide bonds. The lowest BCUT2D eigenvalue weighted by molar-refractivity contribution is -0.139. The third-order valence-electron chi connectivity index (χ3n) is 2.95. The summed E-state index contributed by atoms with van der Waals surface area (Å²) < 4.78 is 42.8. The van der Waals surface area contributed by atoms with E-state index in [-0.39, 0.29) is 12.6 Å². The highest BCUT2D eigenvalue weighted by Crippen LogP contribution is 2.30. The molecule has 6 heteroatoms. The molecule has 0 aliphatic heterocycles. The molecule has 20 heavy (non-hydrogen) atoms. The molecule has 1 rings (SSSR count). The van der Waals surface area contributed by atoms with Crippen molar-refractivity contribution in [2.45, 2.75) is 45.3 Å². The number of nitrogens with two attached hydrogens (primary N) is 1. The number of benzene rings is 1. The fourth-order valence-electron chi connectivity index (χ4n) is 1.85. The number of ether oxygens (including phenoxy) is 1. The van der Waals surface area contributed by atoms with E-state index in [1.807, 2.05) is 26.0 Å². The van der Waals surface area contributed by atoms with Crippen LogP contribution in [0, 0.1) is 6.92 Å². The largest absolute Gasteiger partial charge is 0.493 e. The van der Waals surface area contributed by atoms with Crippen molar-refractivity contribution >= 4 is 15.9 Å². The van der Waals surface area contributed by atoms with Crippen LogP contribution in [0.3, 0.4) is 0 Å². The summed E-state index contributed by atoms with van der Waals surface area (Å²) in [5.41, 5.74) is 7.57. The minimum absolute atomic E-state index is 0.0336. The van der Waals surface area contributed by atoms with Gasteiger partial charge in [0.1, 0.15) is 5.75 Å². The average Bonchev–Trinajstić information content (AvgIpc) is 2.30. The van der Waals surface area contributed by atoms with E-state index in [1.165, 1.54) is 0 Å². The van der Waals surface area contributed by atoms with E-state index in [0.29, 0.717) is 12.2 Å². The Morgan fingerprint density at radius 2 is 2.00 bits per heavy atom. The van der Waals surface area contributed by atoms with E-state index in [1.54, 1.807) is 0 Å². The highest BCUT2D eigenvalue weighted by atomic mass is 79.9. The van der Waals surface area contributed by atoms with Crippen LogP contribution in [0.1, 0.15) is 30.9 Å². The smallest absolute Gasteiger partial charge is 0.392 e. The Labute approximate surface area is 125 Å². The summed E-state index contributed by atoms with van der Waals surface area (Å²) in [7, 11) is 0. The summed E-state index contributed by atoms with van der Waals surface area (Å²) in [5, 5.41) is 0. The molecule has 1 aromatic rings. The maximum atomic E-state index is 12.2. The van der Waals surface area contributed by atoms with Gasteiger partial charge in [-0.25, -0.2) is 0 Å². The van der Waals surface area contributed by atoms with Crippen LogP contribution in [0.4, 0.5) is 13.2 Å². The highest BCUT2D eigenvalue weighted by Gasteiger charge is 2.27. The molecular formula is C14H19BrF3NO. The van der Waals surface area contributed by atoms with E-state index in [9.17, 15) is 13.2 Å². The first-order valence-electron chi connectivity index (χ1n) is 6.47. The summed E-state index contributed by atoms with van der Waals surface area (Å²) in [6.45, 7) is 3.41. The third kappa shape index (κ3) is 5.71. The molecule has 0 heterocycles. The van der Waals surface area contributed by atoms with Crippen molar-refractivity contribution in [1.82, 2.24) is 0 Å². The van der Waals surface area contributed by atoms with Gasteiger partial charge in [-0.3, -0.25) is 0 Å². The van der Waals surface area contributed by atoms with Crippen LogP contribution in [0.5, 0.6) is 5.75 Å². The van der Waals surface area contributed by atoms with E-state index >= 15 is 0 Å². The Bertz CT molecular complexity index is 449. The van der Waals surface area contributed by atoms with Crippen LogP contribution in [0.15, 0.2) is 16.6 Å². The summed E-state index contributed by atoms with van der Waals surface area (Å²) in [4.78, 5) is 0. The summed E-state index contributed by atoms with van der Waals surface area (Å²) >= 11 is 3.38. The van der Waals surface area contributed by atoms with Crippen LogP contribution in [0.2, 0.25) is 0 Å². The quantitative estimate of drug-likeness (QED) is 0.824. The molecule has 2 N–H and O–H groups in total. The van der Waals surface area contributed by atoms with Gasteiger partial charge in [0.2, 0.25) is 0 Å². The molecule has 0 aromatic heterocycles. The van der Waals surface area contributed by atoms with Crippen molar-refractivity contribution < 1.29 is 17.9 Å². The molecule has 0 saturated heterocycles. The first kappa shape index (κ1) is 17.3. The molecule has 0 bridgehead atoms.